The van der Waals surface area contributed by atoms with Crippen LogP contribution in [0, 0.1) is 20.8 Å². The van der Waals surface area contributed by atoms with Crippen molar-refractivity contribution in [1.29, 1.82) is 0 Å². The van der Waals surface area contributed by atoms with E-state index in [2.05, 4.69) is 46.1 Å². The summed E-state index contributed by atoms with van der Waals surface area (Å²) in [6, 6.07) is 27.5. The fourth-order valence-electron chi connectivity index (χ4n) is 6.70. The number of aromatic amines is 1. The van der Waals surface area contributed by atoms with Crippen LogP contribution >= 0.6 is 23.1 Å². The molecule has 2 N–H and O–H groups in total. The van der Waals surface area contributed by atoms with E-state index < -0.39 is 0 Å². The van der Waals surface area contributed by atoms with Crippen molar-refractivity contribution in [2.45, 2.75) is 45.1 Å². The summed E-state index contributed by atoms with van der Waals surface area (Å²) in [6.07, 6.45) is 0. The van der Waals surface area contributed by atoms with Gasteiger partial charge >= 0.3 is 0 Å². The molecule has 0 spiro atoms. The van der Waals surface area contributed by atoms with Gasteiger partial charge in [-0.3, -0.25) is 19.0 Å². The van der Waals surface area contributed by atoms with Gasteiger partial charge in [-0.25, -0.2) is 9.97 Å². The predicted molar refractivity (Wildman–Crippen MR) is 204 cm³/mol. The minimum Gasteiger partial charge on any atom is -0.341 e. The highest BCUT2D eigenvalue weighted by Gasteiger charge is 2.21. The number of rotatable bonds is 7. The van der Waals surface area contributed by atoms with Crippen LogP contribution in [0.2, 0.25) is 0 Å². The molecule has 0 aliphatic carbocycles. The molecular formula is C39H32N6O3S2. The lowest BCUT2D eigenvalue weighted by Gasteiger charge is -2.14. The summed E-state index contributed by atoms with van der Waals surface area (Å²) in [5.74, 6) is 0.385. The summed E-state index contributed by atoms with van der Waals surface area (Å²) in [7, 11) is 0. The maximum Gasteiger partial charge on any atom is 0.266 e. The molecule has 0 aliphatic heterocycles. The first-order chi connectivity index (χ1) is 24.2. The number of hydrogen-bond donors (Lipinski definition) is 2. The van der Waals surface area contributed by atoms with E-state index in [1.54, 1.807) is 17.6 Å². The fourth-order valence-corrected chi connectivity index (χ4v) is 8.68. The van der Waals surface area contributed by atoms with Crippen molar-refractivity contribution >= 4 is 77.6 Å². The molecule has 4 aromatic carbocycles. The Bertz CT molecular complexity index is 2790. The number of hydrogen-bond acceptors (Lipinski definition) is 7. The van der Waals surface area contributed by atoms with Crippen molar-refractivity contribution in [3.8, 4) is 5.69 Å². The zero-order valence-electron chi connectivity index (χ0n) is 27.8. The molecule has 4 heterocycles. The van der Waals surface area contributed by atoms with Crippen molar-refractivity contribution in [2.24, 2.45) is 0 Å². The van der Waals surface area contributed by atoms with Gasteiger partial charge in [0.05, 0.1) is 32.6 Å². The number of amides is 1. The molecule has 0 atom stereocenters. The van der Waals surface area contributed by atoms with Gasteiger partial charge in [0.25, 0.3) is 17.0 Å². The van der Waals surface area contributed by atoms with Crippen molar-refractivity contribution in [3.05, 3.63) is 133 Å². The maximum absolute atomic E-state index is 14.1. The molecule has 0 unspecified atom stereocenters. The van der Waals surface area contributed by atoms with Crippen LogP contribution in [0.25, 0.3) is 48.6 Å². The van der Waals surface area contributed by atoms with Gasteiger partial charge in [-0.05, 0) is 81.3 Å². The quantitative estimate of drug-likeness (QED) is 0.128. The van der Waals surface area contributed by atoms with Crippen LogP contribution < -0.4 is 16.4 Å². The number of fused-ring (bicyclic) bond motifs is 5. The van der Waals surface area contributed by atoms with Gasteiger partial charge in [0.15, 0.2) is 5.16 Å². The molecule has 0 aliphatic rings. The highest BCUT2D eigenvalue weighted by molar-refractivity contribution is 7.98. The Labute approximate surface area is 294 Å². The number of anilines is 1. The Morgan fingerprint density at radius 1 is 0.880 bits per heavy atom. The molecule has 8 rings (SSSR count). The molecule has 0 radical (unpaired) electrons. The molecule has 11 heteroatoms. The standard InChI is InChI=1S/C39H32N6O3S2/c1-5-44-30-13-9-7-10-25(30)27-19-24(15-17-31(27)44)45-38(48)26-11-6-8-12-29(26)41-39(45)49-20-32-42-35(46)33-23(4)34(50-37(33)43-32)36(47)40-28-16-14-21(2)18-22(28)3/h6-19H,5,20H2,1-4H3,(H,40,47)(H,42,43,46). The number of nitrogens with zero attached hydrogens (tertiary/aromatic N) is 4. The average Bonchev–Trinajstić information content (AvgIpc) is 3.62. The Kier molecular flexibility index (Phi) is 7.88. The normalized spacial score (nSPS) is 11.7. The number of carbonyl (C=O) groups is 1. The molecule has 0 saturated carbocycles. The Morgan fingerprint density at radius 2 is 1.64 bits per heavy atom. The van der Waals surface area contributed by atoms with Gasteiger partial charge in [0.2, 0.25) is 0 Å². The first-order valence-corrected chi connectivity index (χ1v) is 18.1. The van der Waals surface area contributed by atoms with Gasteiger partial charge in [-0.15, -0.1) is 11.3 Å². The molecule has 0 bridgehead atoms. The number of aromatic nitrogens is 5. The van der Waals surface area contributed by atoms with Crippen LogP contribution in [0.4, 0.5) is 5.69 Å². The molecular weight excluding hydrogens is 665 g/mol. The third-order valence-corrected chi connectivity index (χ3v) is 11.2. The molecule has 50 heavy (non-hydrogen) atoms. The topological polar surface area (TPSA) is 115 Å². The second kappa shape index (κ2) is 12.4. The lowest BCUT2D eigenvalue weighted by atomic mass is 10.1. The third kappa shape index (κ3) is 5.30. The lowest BCUT2D eigenvalue weighted by Crippen LogP contribution is -2.22. The van der Waals surface area contributed by atoms with Crippen molar-refractivity contribution in [1.82, 2.24) is 24.1 Å². The second-order valence-electron chi connectivity index (χ2n) is 12.3. The van der Waals surface area contributed by atoms with Crippen molar-refractivity contribution < 1.29 is 4.79 Å². The number of carbonyl (C=O) groups excluding carboxylic acids is 1. The highest BCUT2D eigenvalue weighted by Crippen LogP contribution is 2.33. The van der Waals surface area contributed by atoms with E-state index in [1.165, 1.54) is 23.1 Å². The number of thioether (sulfide) groups is 1. The smallest absolute Gasteiger partial charge is 0.266 e. The summed E-state index contributed by atoms with van der Waals surface area (Å²) in [4.78, 5) is 54.4. The highest BCUT2D eigenvalue weighted by atomic mass is 32.2. The van der Waals surface area contributed by atoms with E-state index in [4.69, 9.17) is 9.97 Å². The van der Waals surface area contributed by atoms with Crippen LogP contribution in [0.5, 0.6) is 0 Å². The van der Waals surface area contributed by atoms with E-state index in [0.717, 1.165) is 45.2 Å². The van der Waals surface area contributed by atoms with Crippen molar-refractivity contribution in [2.75, 3.05) is 5.32 Å². The first kappa shape index (κ1) is 31.7. The molecule has 0 saturated heterocycles. The number of thiophene rings is 1. The second-order valence-corrected chi connectivity index (χ2v) is 14.3. The molecule has 4 aromatic heterocycles. The Morgan fingerprint density at radius 3 is 2.44 bits per heavy atom. The zero-order chi connectivity index (χ0) is 34.7. The molecule has 0 fully saturated rings. The SMILES string of the molecule is CCn1c2ccccc2c2cc(-n3c(SCc4nc5sc(C(=O)Nc6ccc(C)cc6C)c(C)c5c(=O)[nH]4)nc4ccccc4c3=O)ccc21. The van der Waals surface area contributed by atoms with E-state index in [1.807, 2.05) is 68.4 Å². The number of nitrogens with one attached hydrogen (secondary N) is 2. The number of benzene rings is 4. The summed E-state index contributed by atoms with van der Waals surface area (Å²) >= 11 is 2.52. The summed E-state index contributed by atoms with van der Waals surface area (Å²) in [5, 5.41) is 6.55. The van der Waals surface area contributed by atoms with Crippen LogP contribution in [0.1, 0.15) is 39.1 Å². The number of H-pyrrole nitrogens is 1. The largest absolute Gasteiger partial charge is 0.341 e. The molecule has 8 aromatic rings. The predicted octanol–water partition coefficient (Wildman–Crippen LogP) is 8.28. The zero-order valence-corrected chi connectivity index (χ0v) is 29.5. The molecule has 248 valence electrons. The monoisotopic (exact) mass is 696 g/mol. The van der Waals surface area contributed by atoms with E-state index in [-0.39, 0.29) is 22.8 Å². The van der Waals surface area contributed by atoms with Gasteiger partial charge in [-0.1, -0.05) is 59.8 Å². The van der Waals surface area contributed by atoms with Gasteiger partial charge < -0.3 is 14.9 Å². The van der Waals surface area contributed by atoms with Crippen LogP contribution in [0.3, 0.4) is 0 Å². The third-order valence-electron chi connectivity index (χ3n) is 9.10. The molecule has 1 amide bonds. The van der Waals surface area contributed by atoms with Gasteiger partial charge in [0, 0.05) is 34.0 Å². The van der Waals surface area contributed by atoms with Gasteiger partial charge in [-0.2, -0.15) is 0 Å². The van der Waals surface area contributed by atoms with Crippen LogP contribution in [-0.4, -0.2) is 30.0 Å². The maximum atomic E-state index is 14.1. The minimum absolute atomic E-state index is 0.179. The number of aryl methyl sites for hydroxylation is 4. The first-order valence-electron chi connectivity index (χ1n) is 16.3. The van der Waals surface area contributed by atoms with Crippen LogP contribution in [0.15, 0.2) is 99.7 Å². The summed E-state index contributed by atoms with van der Waals surface area (Å²) in [6.45, 7) is 8.67. The van der Waals surface area contributed by atoms with Crippen molar-refractivity contribution in [3.63, 3.8) is 0 Å². The van der Waals surface area contributed by atoms with Crippen LogP contribution in [-0.2, 0) is 12.3 Å². The summed E-state index contributed by atoms with van der Waals surface area (Å²) < 4.78 is 3.92. The molecule has 9 nitrogen and oxygen atoms in total. The number of para-hydroxylation sites is 2. The Hall–Kier alpha value is -5.52. The lowest BCUT2D eigenvalue weighted by molar-refractivity contribution is 0.103. The fraction of sp³-hybridized carbons (Fsp3) is 0.154. The van der Waals surface area contributed by atoms with E-state index in [9.17, 15) is 14.4 Å². The van der Waals surface area contributed by atoms with Gasteiger partial charge in [0.1, 0.15) is 10.7 Å². The van der Waals surface area contributed by atoms with E-state index >= 15 is 0 Å². The van der Waals surface area contributed by atoms with E-state index in [0.29, 0.717) is 48.2 Å². The Balaban J connectivity index is 1.17. The minimum atomic E-state index is -0.313. The average molecular weight is 697 g/mol. The summed E-state index contributed by atoms with van der Waals surface area (Å²) in [5.41, 5.74) is 6.41.